The van der Waals surface area contributed by atoms with Crippen molar-refractivity contribution in [2.75, 3.05) is 32.9 Å². The smallest absolute Gasteiger partial charge is 0.257 e. The predicted octanol–water partition coefficient (Wildman–Crippen LogP) is 4.59. The van der Waals surface area contributed by atoms with Crippen LogP contribution < -0.4 is 10.1 Å². The molecule has 0 amide bonds. The minimum Gasteiger partial charge on any atom is -0.476 e. The third-order valence-corrected chi connectivity index (χ3v) is 6.32. The van der Waals surface area contributed by atoms with Crippen molar-refractivity contribution in [3.8, 4) is 5.88 Å². The lowest BCUT2D eigenvalue weighted by atomic mass is 9.89. The molecule has 1 aliphatic heterocycles. The maximum absolute atomic E-state index is 14.3. The van der Waals surface area contributed by atoms with E-state index >= 15 is 0 Å². The number of aromatic nitrogens is 3. The fraction of sp³-hybridized carbons (Fsp3) is 0.520. The van der Waals surface area contributed by atoms with E-state index in [-0.39, 0.29) is 19.3 Å². The average Bonchev–Trinajstić information content (AvgIpc) is 3.15. The van der Waals surface area contributed by atoms with Crippen molar-refractivity contribution < 1.29 is 17.9 Å². The molecule has 0 saturated carbocycles. The first-order chi connectivity index (χ1) is 16.3. The molecule has 0 aliphatic carbocycles. The highest BCUT2D eigenvalue weighted by atomic mass is 19.3. The summed E-state index contributed by atoms with van der Waals surface area (Å²) in [5.41, 5.74) is 4.39. The van der Waals surface area contributed by atoms with Crippen LogP contribution in [0.25, 0.3) is 10.9 Å². The summed E-state index contributed by atoms with van der Waals surface area (Å²) in [6.07, 6.45) is 2.56. The van der Waals surface area contributed by atoms with Gasteiger partial charge in [-0.15, -0.1) is 0 Å². The molecular weight excluding hydrogens is 443 g/mol. The van der Waals surface area contributed by atoms with E-state index in [4.69, 9.17) is 4.74 Å². The zero-order chi connectivity index (χ0) is 24.3. The van der Waals surface area contributed by atoms with Crippen LogP contribution in [0.5, 0.6) is 5.88 Å². The molecule has 2 N–H and O–H groups in total. The first-order valence-corrected chi connectivity index (χ1v) is 11.7. The Hall–Kier alpha value is -2.65. The Bertz CT molecular complexity index is 1110. The van der Waals surface area contributed by atoms with E-state index in [1.165, 1.54) is 6.33 Å². The van der Waals surface area contributed by atoms with Gasteiger partial charge in [0.25, 0.3) is 5.92 Å². The maximum atomic E-state index is 14.3. The molecular formula is C25H32F3N5O. The summed E-state index contributed by atoms with van der Waals surface area (Å²) in [7, 11) is 0. The van der Waals surface area contributed by atoms with Gasteiger partial charge >= 0.3 is 0 Å². The van der Waals surface area contributed by atoms with Gasteiger partial charge in [-0.25, -0.2) is 18.7 Å². The number of H-pyrrole nitrogens is 1. The number of fused-ring (bicyclic) bond motifs is 3. The normalized spacial score (nSPS) is 18.9. The lowest BCUT2D eigenvalue weighted by Gasteiger charge is -2.41. The van der Waals surface area contributed by atoms with Crippen LogP contribution in [-0.2, 0) is 6.42 Å². The van der Waals surface area contributed by atoms with Crippen LogP contribution in [-0.4, -0.2) is 64.7 Å². The number of hydrogen-bond donors (Lipinski definition) is 2. The second-order valence-corrected chi connectivity index (χ2v) is 9.09. The standard InChI is InChI=1S/C25H32F3N5O/c1-16-13-19-18-7-4-5-8-20(18)32-22(19)23(33(16)14-25(3,27)28)21-17(2)24(31-15-30-21)34-12-11-29-10-6-9-26/h4-5,7-8,15-16,23,29,32H,6,9-14H2,1-3H3/t16-,23-/m1/s1. The summed E-state index contributed by atoms with van der Waals surface area (Å²) in [6.45, 7) is 5.56. The molecule has 0 radical (unpaired) electrons. The first-order valence-electron chi connectivity index (χ1n) is 11.7. The largest absolute Gasteiger partial charge is 0.476 e. The van der Waals surface area contributed by atoms with Gasteiger partial charge in [0, 0.05) is 41.7 Å². The highest BCUT2D eigenvalue weighted by Crippen LogP contribution is 2.42. The van der Waals surface area contributed by atoms with Gasteiger partial charge in [0.05, 0.1) is 25.0 Å². The van der Waals surface area contributed by atoms with E-state index in [0.717, 1.165) is 34.6 Å². The van der Waals surface area contributed by atoms with Crippen molar-refractivity contribution in [1.29, 1.82) is 0 Å². The Morgan fingerprint density at radius 3 is 2.79 bits per heavy atom. The van der Waals surface area contributed by atoms with Crippen molar-refractivity contribution in [3.63, 3.8) is 0 Å². The van der Waals surface area contributed by atoms with E-state index < -0.39 is 12.0 Å². The Morgan fingerprint density at radius 2 is 2.03 bits per heavy atom. The lowest BCUT2D eigenvalue weighted by Crippen LogP contribution is -2.47. The van der Waals surface area contributed by atoms with E-state index in [9.17, 15) is 13.2 Å². The Morgan fingerprint density at radius 1 is 1.24 bits per heavy atom. The molecule has 0 fully saturated rings. The molecule has 3 aromatic rings. The van der Waals surface area contributed by atoms with Crippen molar-refractivity contribution in [2.24, 2.45) is 0 Å². The van der Waals surface area contributed by atoms with Crippen molar-refractivity contribution in [2.45, 2.75) is 51.6 Å². The molecule has 4 rings (SSSR count). The van der Waals surface area contributed by atoms with Crippen LogP contribution >= 0.6 is 0 Å². The number of hydrogen-bond acceptors (Lipinski definition) is 5. The van der Waals surface area contributed by atoms with Crippen LogP contribution in [0.2, 0.25) is 0 Å². The minimum absolute atomic E-state index is 0.110. The third-order valence-electron chi connectivity index (χ3n) is 6.32. The number of ether oxygens (including phenoxy) is 1. The van der Waals surface area contributed by atoms with E-state index in [1.54, 1.807) is 0 Å². The van der Waals surface area contributed by atoms with Gasteiger partial charge in [0.15, 0.2) is 0 Å². The molecule has 0 spiro atoms. The number of rotatable bonds is 10. The van der Waals surface area contributed by atoms with Crippen LogP contribution in [0.15, 0.2) is 30.6 Å². The SMILES string of the molecule is Cc1c(OCCNCCCF)ncnc1[C@@H]1c2[nH]c3ccccc3c2C[C@@H](C)N1CC(C)(F)F. The Balaban J connectivity index is 1.70. The van der Waals surface area contributed by atoms with Crippen molar-refractivity contribution in [1.82, 2.24) is 25.2 Å². The van der Waals surface area contributed by atoms with Gasteiger partial charge in [-0.05, 0) is 44.9 Å². The van der Waals surface area contributed by atoms with E-state index in [0.29, 0.717) is 44.1 Å². The van der Waals surface area contributed by atoms with Crippen LogP contribution in [0, 0.1) is 6.92 Å². The average molecular weight is 476 g/mol. The van der Waals surface area contributed by atoms with Gasteiger partial charge in [-0.2, -0.15) is 0 Å². The van der Waals surface area contributed by atoms with Gasteiger partial charge in [0.1, 0.15) is 12.9 Å². The summed E-state index contributed by atoms with van der Waals surface area (Å²) >= 11 is 0. The van der Waals surface area contributed by atoms with Crippen LogP contribution in [0.3, 0.4) is 0 Å². The molecule has 34 heavy (non-hydrogen) atoms. The molecule has 3 heterocycles. The number of aromatic amines is 1. The summed E-state index contributed by atoms with van der Waals surface area (Å²) in [5, 5.41) is 4.23. The molecule has 1 aromatic carbocycles. The number of benzene rings is 1. The number of nitrogens with zero attached hydrogens (tertiary/aromatic N) is 3. The monoisotopic (exact) mass is 475 g/mol. The van der Waals surface area contributed by atoms with Crippen molar-refractivity contribution >= 4 is 10.9 Å². The third kappa shape index (κ3) is 5.20. The molecule has 6 nitrogen and oxygen atoms in total. The zero-order valence-electron chi connectivity index (χ0n) is 19.9. The summed E-state index contributed by atoms with van der Waals surface area (Å²) in [4.78, 5) is 14.2. The highest BCUT2D eigenvalue weighted by Gasteiger charge is 2.41. The number of nitrogens with one attached hydrogen (secondary N) is 2. The summed E-state index contributed by atoms with van der Waals surface area (Å²) in [5.74, 6) is -2.43. The van der Waals surface area contributed by atoms with Crippen LogP contribution in [0.1, 0.15) is 48.8 Å². The second kappa shape index (κ2) is 10.3. The Kier molecular flexibility index (Phi) is 7.42. The maximum Gasteiger partial charge on any atom is 0.257 e. The van der Waals surface area contributed by atoms with E-state index in [2.05, 4.69) is 26.3 Å². The fourth-order valence-electron chi connectivity index (χ4n) is 4.77. The zero-order valence-corrected chi connectivity index (χ0v) is 19.9. The second-order valence-electron chi connectivity index (χ2n) is 9.09. The first kappa shape index (κ1) is 24.5. The summed E-state index contributed by atoms with van der Waals surface area (Å²) < 4.78 is 46.7. The molecule has 184 valence electrons. The quantitative estimate of drug-likeness (QED) is 0.420. The van der Waals surface area contributed by atoms with Gasteiger partial charge in [-0.3, -0.25) is 9.29 Å². The molecule has 0 saturated heterocycles. The van der Waals surface area contributed by atoms with Gasteiger partial charge in [-0.1, -0.05) is 18.2 Å². The number of alkyl halides is 3. The molecule has 0 unspecified atom stereocenters. The van der Waals surface area contributed by atoms with Gasteiger partial charge in [0.2, 0.25) is 5.88 Å². The lowest BCUT2D eigenvalue weighted by molar-refractivity contribution is -0.0372. The Labute approximate surface area is 197 Å². The molecule has 2 atom stereocenters. The summed E-state index contributed by atoms with van der Waals surface area (Å²) in [6, 6.07) is 7.43. The number of para-hydroxylation sites is 1. The van der Waals surface area contributed by atoms with E-state index in [1.807, 2.05) is 36.9 Å². The van der Waals surface area contributed by atoms with Crippen LogP contribution in [0.4, 0.5) is 13.2 Å². The minimum atomic E-state index is -2.86. The molecule has 0 bridgehead atoms. The van der Waals surface area contributed by atoms with Crippen molar-refractivity contribution in [3.05, 3.63) is 53.1 Å². The number of halogens is 3. The highest BCUT2D eigenvalue weighted by molar-refractivity contribution is 5.85. The molecule has 2 aromatic heterocycles. The predicted molar refractivity (Wildman–Crippen MR) is 126 cm³/mol. The fourth-order valence-corrected chi connectivity index (χ4v) is 4.77. The topological polar surface area (TPSA) is 66.1 Å². The molecule has 9 heteroatoms. The van der Waals surface area contributed by atoms with Gasteiger partial charge < -0.3 is 15.0 Å². The molecule has 1 aliphatic rings.